The van der Waals surface area contributed by atoms with Crippen LogP contribution in [0.2, 0.25) is 0 Å². The van der Waals surface area contributed by atoms with Crippen LogP contribution in [0.5, 0.6) is 0 Å². The average molecular weight is 466 g/mol. The van der Waals surface area contributed by atoms with Gasteiger partial charge >= 0.3 is 0 Å². The van der Waals surface area contributed by atoms with Crippen LogP contribution in [0.1, 0.15) is 39.0 Å². The molecule has 188 valence electrons. The number of aliphatic hydroxyl groups is 2. The van der Waals surface area contributed by atoms with E-state index < -0.39 is 24.2 Å². The zero-order valence-corrected chi connectivity index (χ0v) is 20.9. The predicted octanol–water partition coefficient (Wildman–Crippen LogP) is 0.973. The van der Waals surface area contributed by atoms with E-state index >= 15 is 0 Å². The molecule has 8 heteroatoms. The quantitative estimate of drug-likeness (QED) is 0.568. The molecule has 2 aliphatic carbocycles. The molecule has 0 radical (unpaired) electrons. The summed E-state index contributed by atoms with van der Waals surface area (Å²) in [6, 6.07) is 0.181. The van der Waals surface area contributed by atoms with E-state index in [-0.39, 0.29) is 30.2 Å². The van der Waals surface area contributed by atoms with Gasteiger partial charge in [-0.2, -0.15) is 0 Å². The van der Waals surface area contributed by atoms with Gasteiger partial charge in [0.25, 0.3) is 0 Å². The second kappa shape index (κ2) is 11.3. The van der Waals surface area contributed by atoms with Gasteiger partial charge in [-0.3, -0.25) is 9.59 Å². The van der Waals surface area contributed by atoms with E-state index in [1.807, 2.05) is 48.8 Å². The molecule has 0 bridgehead atoms. The Morgan fingerprint density at radius 2 is 1.79 bits per heavy atom. The number of ether oxygens (including phenoxy) is 1. The van der Waals surface area contributed by atoms with Crippen LogP contribution in [0.4, 0.5) is 0 Å². The number of likely N-dealkylation sites (tertiary alicyclic amines) is 1. The number of hydrogen-bond donors (Lipinski definition) is 2. The third-order valence-corrected chi connectivity index (χ3v) is 8.21. The van der Waals surface area contributed by atoms with E-state index in [1.54, 1.807) is 13.2 Å². The van der Waals surface area contributed by atoms with Gasteiger partial charge in [0.2, 0.25) is 11.8 Å². The fourth-order valence-electron chi connectivity index (χ4n) is 6.07. The van der Waals surface area contributed by atoms with Gasteiger partial charge in [-0.25, -0.2) is 0 Å². The van der Waals surface area contributed by atoms with Crippen LogP contribution >= 0.6 is 0 Å². The number of piperidine rings is 1. The smallest absolute Gasteiger partial charge is 0.246 e. The summed E-state index contributed by atoms with van der Waals surface area (Å²) in [6.45, 7) is 3.97. The molecule has 2 amide bonds. The molecule has 8 nitrogen and oxygen atoms in total. The Labute approximate surface area is 198 Å². The van der Waals surface area contributed by atoms with Crippen molar-refractivity contribution < 1.29 is 24.5 Å². The van der Waals surface area contributed by atoms with Crippen LogP contribution in [0, 0.1) is 23.7 Å². The number of rotatable bonds is 6. The van der Waals surface area contributed by atoms with E-state index in [0.29, 0.717) is 24.9 Å². The predicted molar refractivity (Wildman–Crippen MR) is 126 cm³/mol. The van der Waals surface area contributed by atoms with Crippen LogP contribution in [0.25, 0.3) is 0 Å². The number of methoxy groups -OCH3 is 1. The highest BCUT2D eigenvalue weighted by Gasteiger charge is 2.48. The Morgan fingerprint density at radius 3 is 2.45 bits per heavy atom. The Morgan fingerprint density at radius 1 is 1.06 bits per heavy atom. The Balaban J connectivity index is 1.62. The van der Waals surface area contributed by atoms with Crippen LogP contribution < -0.4 is 0 Å². The topological polar surface area (TPSA) is 93.5 Å². The van der Waals surface area contributed by atoms with Crippen LogP contribution in [-0.4, -0.2) is 109 Å². The van der Waals surface area contributed by atoms with Gasteiger partial charge in [0.05, 0.1) is 24.2 Å². The van der Waals surface area contributed by atoms with Crippen molar-refractivity contribution >= 4 is 11.8 Å². The first-order valence-corrected chi connectivity index (χ1v) is 12.4. The number of carbonyl (C=O) groups excluding carboxylic acids is 2. The Hall–Kier alpha value is -1.48. The maximum absolute atomic E-state index is 13.5. The standard InChI is InChI=1S/C25H43N3O5/c1-16-20(29)14-21(30)23(24(16)33-5)25(32)28-12-10-17-8-9-19(13-18(17)15-28)27(4)22(31)7-6-11-26(2)3/h6-7,16-21,23-24,29-30H,8-15H2,1-5H3/b7-6+. The minimum atomic E-state index is -0.900. The van der Waals surface area contributed by atoms with Gasteiger partial charge in [-0.1, -0.05) is 13.0 Å². The molecular formula is C25H43N3O5. The number of nitrogens with zero attached hydrogens (tertiary/aromatic N) is 3. The van der Waals surface area contributed by atoms with Crippen LogP contribution in [0.3, 0.4) is 0 Å². The molecule has 3 fully saturated rings. The summed E-state index contributed by atoms with van der Waals surface area (Å²) >= 11 is 0. The number of fused-ring (bicyclic) bond motifs is 1. The highest BCUT2D eigenvalue weighted by Crippen LogP contribution is 2.40. The fourth-order valence-corrected chi connectivity index (χ4v) is 6.07. The van der Waals surface area contributed by atoms with Crippen molar-refractivity contribution in [3.05, 3.63) is 12.2 Å². The first-order valence-electron chi connectivity index (χ1n) is 12.4. The molecule has 2 N–H and O–H groups in total. The molecule has 1 heterocycles. The maximum Gasteiger partial charge on any atom is 0.246 e. The lowest BCUT2D eigenvalue weighted by Crippen LogP contribution is -2.58. The summed E-state index contributed by atoms with van der Waals surface area (Å²) in [6.07, 6.45) is 5.63. The molecule has 8 atom stereocenters. The first-order chi connectivity index (χ1) is 15.6. The highest BCUT2D eigenvalue weighted by atomic mass is 16.5. The summed E-state index contributed by atoms with van der Waals surface area (Å²) in [5.74, 6) is 0.0506. The van der Waals surface area contributed by atoms with Gasteiger partial charge in [0.1, 0.15) is 0 Å². The molecule has 0 spiro atoms. The zero-order chi connectivity index (χ0) is 24.3. The summed E-state index contributed by atoms with van der Waals surface area (Å²) in [5, 5.41) is 20.8. The third-order valence-electron chi connectivity index (χ3n) is 8.21. The van der Waals surface area contributed by atoms with Crippen molar-refractivity contribution in [2.45, 2.75) is 63.4 Å². The van der Waals surface area contributed by atoms with Crippen molar-refractivity contribution in [1.29, 1.82) is 0 Å². The number of carbonyl (C=O) groups is 2. The molecule has 1 aliphatic heterocycles. The van der Waals surface area contributed by atoms with Crippen molar-refractivity contribution in [2.24, 2.45) is 23.7 Å². The summed E-state index contributed by atoms with van der Waals surface area (Å²) in [5.41, 5.74) is 0. The third kappa shape index (κ3) is 5.96. The molecule has 8 unspecified atom stereocenters. The minimum Gasteiger partial charge on any atom is -0.393 e. The summed E-state index contributed by atoms with van der Waals surface area (Å²) in [7, 11) is 7.37. The lowest BCUT2D eigenvalue weighted by atomic mass is 9.71. The van der Waals surface area contributed by atoms with E-state index in [4.69, 9.17) is 4.74 Å². The first kappa shape index (κ1) is 26.1. The zero-order valence-electron chi connectivity index (χ0n) is 20.9. The fraction of sp³-hybridized carbons (Fsp3) is 0.840. The lowest BCUT2D eigenvalue weighted by molar-refractivity contribution is -0.166. The Bertz CT molecular complexity index is 714. The van der Waals surface area contributed by atoms with E-state index in [0.717, 1.165) is 32.2 Å². The molecular weight excluding hydrogens is 422 g/mol. The maximum atomic E-state index is 13.5. The molecule has 0 aromatic heterocycles. The SMILES string of the molecule is COC1C(C)C(O)CC(O)C1C(=O)N1CCC2CCC(N(C)C(=O)/C=C/CN(C)C)CC2C1. The monoisotopic (exact) mass is 465 g/mol. The van der Waals surface area contributed by atoms with Gasteiger partial charge in [-0.05, 0) is 51.6 Å². The van der Waals surface area contributed by atoms with Crippen molar-refractivity contribution in [1.82, 2.24) is 14.7 Å². The Kier molecular flexibility index (Phi) is 8.95. The lowest BCUT2D eigenvalue weighted by Gasteiger charge is -2.48. The van der Waals surface area contributed by atoms with Gasteiger partial charge < -0.3 is 29.6 Å². The molecule has 3 aliphatic rings. The molecule has 3 rings (SSSR count). The summed E-state index contributed by atoms with van der Waals surface area (Å²) in [4.78, 5) is 31.9. The number of likely N-dealkylation sites (N-methyl/N-ethyl adjacent to an activating group) is 2. The van der Waals surface area contributed by atoms with Crippen molar-refractivity contribution in [3.8, 4) is 0 Å². The molecule has 33 heavy (non-hydrogen) atoms. The van der Waals surface area contributed by atoms with E-state index in [9.17, 15) is 19.8 Å². The normalized spacial score (nSPS) is 37.3. The second-order valence-corrected chi connectivity index (χ2v) is 10.6. The number of hydrogen-bond acceptors (Lipinski definition) is 6. The van der Waals surface area contributed by atoms with Crippen molar-refractivity contribution in [3.63, 3.8) is 0 Å². The molecule has 1 saturated heterocycles. The van der Waals surface area contributed by atoms with Crippen LogP contribution in [-0.2, 0) is 14.3 Å². The van der Waals surface area contributed by atoms with E-state index in [1.165, 1.54) is 0 Å². The second-order valence-electron chi connectivity index (χ2n) is 10.6. The number of aliphatic hydroxyl groups excluding tert-OH is 2. The number of amides is 2. The van der Waals surface area contributed by atoms with Gasteiger partial charge in [0.15, 0.2) is 0 Å². The van der Waals surface area contributed by atoms with Crippen molar-refractivity contribution in [2.75, 3.05) is 47.9 Å². The highest BCUT2D eigenvalue weighted by molar-refractivity contribution is 5.87. The van der Waals surface area contributed by atoms with Gasteiger partial charge in [0, 0.05) is 58.2 Å². The van der Waals surface area contributed by atoms with E-state index in [2.05, 4.69) is 0 Å². The molecule has 0 aromatic carbocycles. The van der Waals surface area contributed by atoms with Gasteiger partial charge in [-0.15, -0.1) is 0 Å². The van der Waals surface area contributed by atoms with Crippen LogP contribution in [0.15, 0.2) is 12.2 Å². The minimum absolute atomic E-state index is 0.0323. The summed E-state index contributed by atoms with van der Waals surface area (Å²) < 4.78 is 5.58. The largest absolute Gasteiger partial charge is 0.393 e. The average Bonchev–Trinajstić information content (AvgIpc) is 2.79. The molecule has 0 aromatic rings. The molecule has 2 saturated carbocycles.